The van der Waals surface area contributed by atoms with E-state index in [0.717, 1.165) is 36.2 Å². The highest BCUT2D eigenvalue weighted by Crippen LogP contribution is 2.16. The SMILES string of the molecule is CN=C(NCCCSC)NCc1sc(C)nc1C. The fraction of sp³-hybridized carbons (Fsp3) is 0.667. The summed E-state index contributed by atoms with van der Waals surface area (Å²) in [4.78, 5) is 9.90. The number of thioether (sulfide) groups is 1. The van der Waals surface area contributed by atoms with Crippen LogP contribution in [-0.2, 0) is 6.54 Å². The van der Waals surface area contributed by atoms with Gasteiger partial charge in [-0.1, -0.05) is 0 Å². The van der Waals surface area contributed by atoms with Gasteiger partial charge in [0.25, 0.3) is 0 Å². The van der Waals surface area contributed by atoms with Gasteiger partial charge in [-0.3, -0.25) is 4.99 Å². The number of nitrogens with zero attached hydrogens (tertiary/aromatic N) is 2. The van der Waals surface area contributed by atoms with Gasteiger partial charge < -0.3 is 10.6 Å². The minimum atomic E-state index is 0.791. The summed E-state index contributed by atoms with van der Waals surface area (Å²) in [5, 5.41) is 7.75. The topological polar surface area (TPSA) is 49.3 Å². The van der Waals surface area contributed by atoms with E-state index in [-0.39, 0.29) is 0 Å². The van der Waals surface area contributed by atoms with E-state index >= 15 is 0 Å². The lowest BCUT2D eigenvalue weighted by molar-refractivity contribution is 0.787. The van der Waals surface area contributed by atoms with Gasteiger partial charge in [0.15, 0.2) is 5.96 Å². The van der Waals surface area contributed by atoms with Gasteiger partial charge in [0.2, 0.25) is 0 Å². The van der Waals surface area contributed by atoms with Crippen LogP contribution in [0.5, 0.6) is 0 Å². The number of aliphatic imine (C=N–C) groups is 1. The van der Waals surface area contributed by atoms with Gasteiger partial charge >= 0.3 is 0 Å². The minimum Gasteiger partial charge on any atom is -0.356 e. The van der Waals surface area contributed by atoms with Gasteiger partial charge in [-0.05, 0) is 32.3 Å². The predicted molar refractivity (Wildman–Crippen MR) is 82.8 cm³/mol. The summed E-state index contributed by atoms with van der Waals surface area (Å²) in [5.41, 5.74) is 1.11. The number of hydrogen-bond donors (Lipinski definition) is 2. The lowest BCUT2D eigenvalue weighted by Gasteiger charge is -2.10. The molecule has 0 bridgehead atoms. The molecule has 1 aromatic heterocycles. The maximum atomic E-state index is 4.42. The van der Waals surface area contributed by atoms with Crippen LogP contribution in [0.3, 0.4) is 0 Å². The average Bonchev–Trinajstić information content (AvgIpc) is 2.67. The van der Waals surface area contributed by atoms with Gasteiger partial charge in [0.1, 0.15) is 0 Å². The second-order valence-corrected chi connectivity index (χ2v) is 6.21. The molecule has 0 spiro atoms. The van der Waals surface area contributed by atoms with Crippen molar-refractivity contribution in [2.45, 2.75) is 26.8 Å². The molecule has 4 nitrogen and oxygen atoms in total. The summed E-state index contributed by atoms with van der Waals surface area (Å²) < 4.78 is 0. The van der Waals surface area contributed by atoms with Crippen molar-refractivity contribution in [1.82, 2.24) is 15.6 Å². The van der Waals surface area contributed by atoms with Gasteiger partial charge in [-0.15, -0.1) is 11.3 Å². The number of rotatable bonds is 6. The molecular weight excluding hydrogens is 264 g/mol. The molecule has 0 unspecified atom stereocenters. The molecule has 1 rings (SSSR count). The van der Waals surface area contributed by atoms with Crippen LogP contribution in [0.2, 0.25) is 0 Å². The summed E-state index contributed by atoms with van der Waals surface area (Å²) in [6.45, 7) is 5.84. The largest absolute Gasteiger partial charge is 0.356 e. The number of aryl methyl sites for hydroxylation is 2. The van der Waals surface area contributed by atoms with Gasteiger partial charge in [-0.2, -0.15) is 11.8 Å². The molecule has 0 aliphatic heterocycles. The molecule has 0 aliphatic carbocycles. The monoisotopic (exact) mass is 286 g/mol. The molecule has 1 heterocycles. The Hall–Kier alpha value is -0.750. The first-order valence-corrected chi connectivity index (χ1v) is 8.24. The maximum absolute atomic E-state index is 4.42. The number of thiazole rings is 1. The number of guanidine groups is 1. The number of aromatic nitrogens is 1. The molecule has 0 radical (unpaired) electrons. The van der Waals surface area contributed by atoms with Crippen LogP contribution in [0.4, 0.5) is 0 Å². The summed E-state index contributed by atoms with van der Waals surface area (Å²) in [6.07, 6.45) is 3.28. The summed E-state index contributed by atoms with van der Waals surface area (Å²) in [5.74, 6) is 2.04. The zero-order valence-electron chi connectivity index (χ0n) is 11.5. The fourth-order valence-corrected chi connectivity index (χ4v) is 2.86. The Balaban J connectivity index is 2.33. The molecule has 0 fully saturated rings. The van der Waals surface area contributed by atoms with Crippen molar-refractivity contribution in [3.8, 4) is 0 Å². The first-order valence-electron chi connectivity index (χ1n) is 6.03. The number of hydrogen-bond acceptors (Lipinski definition) is 4. The summed E-state index contributed by atoms with van der Waals surface area (Å²) in [6, 6.07) is 0. The predicted octanol–water partition coefficient (Wildman–Crippen LogP) is 2.18. The normalized spacial score (nSPS) is 11.7. The molecule has 0 saturated heterocycles. The second kappa shape index (κ2) is 8.37. The Morgan fingerprint density at radius 2 is 2.17 bits per heavy atom. The second-order valence-electron chi connectivity index (χ2n) is 3.94. The highest BCUT2D eigenvalue weighted by Gasteiger charge is 2.05. The lowest BCUT2D eigenvalue weighted by atomic mass is 10.4. The van der Waals surface area contributed by atoms with Gasteiger partial charge in [0, 0.05) is 18.5 Å². The molecule has 6 heteroatoms. The van der Waals surface area contributed by atoms with Crippen LogP contribution in [0.15, 0.2) is 4.99 Å². The Kier molecular flexibility index (Phi) is 7.12. The molecule has 0 atom stereocenters. The molecule has 0 amide bonds. The van der Waals surface area contributed by atoms with Crippen molar-refractivity contribution in [3.05, 3.63) is 15.6 Å². The zero-order chi connectivity index (χ0) is 13.4. The standard InChI is InChI=1S/C12H22N4S2/c1-9-11(18-10(2)16-9)8-15-12(13-3)14-6-5-7-17-4/h5-8H2,1-4H3,(H2,13,14,15). The van der Waals surface area contributed by atoms with Crippen LogP contribution in [0.25, 0.3) is 0 Å². The van der Waals surface area contributed by atoms with Crippen molar-refractivity contribution in [2.24, 2.45) is 4.99 Å². The van der Waals surface area contributed by atoms with Crippen molar-refractivity contribution in [2.75, 3.05) is 25.6 Å². The van der Waals surface area contributed by atoms with E-state index in [1.54, 1.807) is 18.4 Å². The van der Waals surface area contributed by atoms with E-state index in [1.165, 1.54) is 10.6 Å². The third-order valence-corrected chi connectivity index (χ3v) is 4.23. The van der Waals surface area contributed by atoms with Gasteiger partial charge in [0.05, 0.1) is 17.2 Å². The van der Waals surface area contributed by atoms with Crippen LogP contribution in [0, 0.1) is 13.8 Å². The summed E-state index contributed by atoms with van der Waals surface area (Å²) >= 11 is 3.61. The van der Waals surface area contributed by atoms with E-state index in [0.29, 0.717) is 0 Å². The molecule has 1 aromatic rings. The molecule has 18 heavy (non-hydrogen) atoms. The smallest absolute Gasteiger partial charge is 0.191 e. The van der Waals surface area contributed by atoms with Crippen LogP contribution in [-0.4, -0.2) is 36.5 Å². The lowest BCUT2D eigenvalue weighted by Crippen LogP contribution is -2.37. The fourth-order valence-electron chi connectivity index (χ4n) is 1.55. The minimum absolute atomic E-state index is 0.791. The summed E-state index contributed by atoms with van der Waals surface area (Å²) in [7, 11) is 1.80. The molecule has 0 saturated carbocycles. The quantitative estimate of drug-likeness (QED) is 0.478. The Morgan fingerprint density at radius 3 is 2.72 bits per heavy atom. The molecule has 0 aromatic carbocycles. The van der Waals surface area contributed by atoms with Crippen LogP contribution < -0.4 is 10.6 Å². The maximum Gasteiger partial charge on any atom is 0.191 e. The third-order valence-electron chi connectivity index (χ3n) is 2.46. The van der Waals surface area contributed by atoms with Gasteiger partial charge in [-0.25, -0.2) is 4.98 Å². The van der Waals surface area contributed by atoms with E-state index < -0.39 is 0 Å². The Labute approximate surface area is 118 Å². The van der Waals surface area contributed by atoms with Crippen molar-refractivity contribution < 1.29 is 0 Å². The van der Waals surface area contributed by atoms with E-state index in [4.69, 9.17) is 0 Å². The van der Waals surface area contributed by atoms with Crippen molar-refractivity contribution in [1.29, 1.82) is 0 Å². The van der Waals surface area contributed by atoms with Crippen molar-refractivity contribution >= 4 is 29.1 Å². The average molecular weight is 286 g/mol. The van der Waals surface area contributed by atoms with Crippen LogP contribution >= 0.6 is 23.1 Å². The highest BCUT2D eigenvalue weighted by atomic mass is 32.2. The first-order chi connectivity index (χ1) is 8.67. The van der Waals surface area contributed by atoms with E-state index in [1.807, 2.05) is 18.7 Å². The third kappa shape index (κ3) is 5.27. The zero-order valence-corrected chi connectivity index (χ0v) is 13.2. The molecule has 0 aliphatic rings. The molecular formula is C12H22N4S2. The number of nitrogens with one attached hydrogen (secondary N) is 2. The molecule has 2 N–H and O–H groups in total. The van der Waals surface area contributed by atoms with E-state index in [2.05, 4.69) is 33.8 Å². The molecule has 102 valence electrons. The first kappa shape index (κ1) is 15.3. The van der Waals surface area contributed by atoms with Crippen LogP contribution in [0.1, 0.15) is 22.0 Å². The van der Waals surface area contributed by atoms with E-state index in [9.17, 15) is 0 Å². The highest BCUT2D eigenvalue weighted by molar-refractivity contribution is 7.98. The van der Waals surface area contributed by atoms with Crippen molar-refractivity contribution in [3.63, 3.8) is 0 Å². The Bertz CT molecular complexity index is 387. The Morgan fingerprint density at radius 1 is 1.39 bits per heavy atom.